The maximum absolute atomic E-state index is 6.20. The summed E-state index contributed by atoms with van der Waals surface area (Å²) in [6.45, 7) is 2.75. The number of hydrogen-bond donors (Lipinski definition) is 1. The summed E-state index contributed by atoms with van der Waals surface area (Å²) in [6.07, 6.45) is 0. The molecular formula is C17H16ClNO2. The van der Waals surface area contributed by atoms with Gasteiger partial charge in [0.25, 0.3) is 0 Å². The van der Waals surface area contributed by atoms with E-state index in [4.69, 9.17) is 26.5 Å². The van der Waals surface area contributed by atoms with Gasteiger partial charge in [0.05, 0.1) is 6.54 Å². The molecule has 0 amide bonds. The molecular weight excluding hydrogens is 286 g/mol. The molecule has 4 heteroatoms. The molecule has 108 valence electrons. The van der Waals surface area contributed by atoms with Crippen molar-refractivity contribution in [1.29, 1.82) is 0 Å². The molecule has 1 aromatic heterocycles. The lowest BCUT2D eigenvalue weighted by Gasteiger charge is -2.09. The lowest BCUT2D eigenvalue weighted by molar-refractivity contribution is 0.269. The number of rotatable bonds is 4. The Kier molecular flexibility index (Phi) is 3.86. The zero-order valence-corrected chi connectivity index (χ0v) is 12.5. The topological polar surface area (TPSA) is 48.4 Å². The Morgan fingerprint density at radius 1 is 1.14 bits per heavy atom. The van der Waals surface area contributed by atoms with Gasteiger partial charge in [0.15, 0.2) is 0 Å². The van der Waals surface area contributed by atoms with Crippen LogP contribution in [0.25, 0.3) is 10.8 Å². The Bertz CT molecular complexity index is 780. The van der Waals surface area contributed by atoms with E-state index in [1.807, 2.05) is 49.4 Å². The number of benzene rings is 2. The van der Waals surface area contributed by atoms with Crippen LogP contribution >= 0.6 is 11.6 Å². The second kappa shape index (κ2) is 5.80. The van der Waals surface area contributed by atoms with Crippen LogP contribution in [0.4, 0.5) is 0 Å². The van der Waals surface area contributed by atoms with Crippen molar-refractivity contribution >= 4 is 22.4 Å². The summed E-state index contributed by atoms with van der Waals surface area (Å²) in [5.41, 5.74) is 6.67. The average Bonchev–Trinajstić information content (AvgIpc) is 2.87. The fraction of sp³-hybridized carbons (Fsp3) is 0.176. The van der Waals surface area contributed by atoms with E-state index in [0.717, 1.165) is 38.6 Å². The third-order valence-electron chi connectivity index (χ3n) is 3.46. The second-order valence-electron chi connectivity index (χ2n) is 4.90. The largest absolute Gasteiger partial charge is 0.485 e. The fourth-order valence-electron chi connectivity index (χ4n) is 2.37. The van der Waals surface area contributed by atoms with E-state index in [-0.39, 0.29) is 0 Å². The first-order chi connectivity index (χ1) is 10.2. The van der Waals surface area contributed by atoms with Gasteiger partial charge in [-0.3, -0.25) is 0 Å². The van der Waals surface area contributed by atoms with Gasteiger partial charge < -0.3 is 14.9 Å². The predicted octanol–water partition coefficient (Wildman–Crippen LogP) is 4.43. The van der Waals surface area contributed by atoms with E-state index in [2.05, 4.69) is 0 Å². The minimum atomic E-state index is 0.368. The fourth-order valence-corrected chi connectivity index (χ4v) is 2.60. The van der Waals surface area contributed by atoms with Crippen LogP contribution in [0, 0.1) is 6.92 Å². The van der Waals surface area contributed by atoms with Crippen LogP contribution in [0.1, 0.15) is 17.1 Å². The Morgan fingerprint density at radius 3 is 2.62 bits per heavy atom. The Balaban J connectivity index is 1.86. The summed E-state index contributed by atoms with van der Waals surface area (Å²) in [5.74, 6) is 2.36. The molecule has 0 aliphatic carbocycles. The quantitative estimate of drug-likeness (QED) is 0.775. The molecule has 21 heavy (non-hydrogen) atoms. The molecule has 3 rings (SSSR count). The molecule has 2 N–H and O–H groups in total. The van der Waals surface area contributed by atoms with Crippen molar-refractivity contribution in [2.75, 3.05) is 0 Å². The monoisotopic (exact) mass is 301 g/mol. The van der Waals surface area contributed by atoms with Crippen molar-refractivity contribution in [2.45, 2.75) is 20.1 Å². The summed E-state index contributed by atoms with van der Waals surface area (Å²) in [7, 11) is 0. The maximum Gasteiger partial charge on any atom is 0.146 e. The first-order valence-electron chi connectivity index (χ1n) is 6.77. The molecule has 0 saturated heterocycles. The van der Waals surface area contributed by atoms with Gasteiger partial charge in [-0.1, -0.05) is 35.9 Å². The van der Waals surface area contributed by atoms with Crippen molar-refractivity contribution in [3.63, 3.8) is 0 Å². The minimum absolute atomic E-state index is 0.368. The molecule has 0 spiro atoms. The van der Waals surface area contributed by atoms with Crippen molar-refractivity contribution in [3.05, 3.63) is 64.6 Å². The molecule has 1 heterocycles. The molecule has 0 saturated carbocycles. The number of hydrogen-bond acceptors (Lipinski definition) is 3. The van der Waals surface area contributed by atoms with Crippen molar-refractivity contribution in [3.8, 4) is 5.75 Å². The SMILES string of the molecule is Cc1cc(COc2ccc(Cl)c3ccccc23)oc1CN. The predicted molar refractivity (Wildman–Crippen MR) is 84.6 cm³/mol. The van der Waals surface area contributed by atoms with E-state index in [0.29, 0.717) is 13.2 Å². The Labute approximate surface area is 128 Å². The van der Waals surface area contributed by atoms with Crippen molar-refractivity contribution < 1.29 is 9.15 Å². The smallest absolute Gasteiger partial charge is 0.146 e. The van der Waals surface area contributed by atoms with E-state index >= 15 is 0 Å². The van der Waals surface area contributed by atoms with Gasteiger partial charge in [-0.15, -0.1) is 0 Å². The van der Waals surface area contributed by atoms with Crippen LogP contribution in [0.3, 0.4) is 0 Å². The van der Waals surface area contributed by atoms with Crippen LogP contribution < -0.4 is 10.5 Å². The van der Waals surface area contributed by atoms with Gasteiger partial charge in [-0.25, -0.2) is 0 Å². The van der Waals surface area contributed by atoms with Crippen LogP contribution in [0.5, 0.6) is 5.75 Å². The van der Waals surface area contributed by atoms with Crippen LogP contribution in [-0.4, -0.2) is 0 Å². The van der Waals surface area contributed by atoms with Crippen molar-refractivity contribution in [1.82, 2.24) is 0 Å². The standard InChI is InChI=1S/C17H16ClNO2/c1-11-8-12(21-17(11)9-19)10-20-16-7-6-15(18)13-4-2-3-5-14(13)16/h2-8H,9-10,19H2,1H3. The number of ether oxygens (including phenoxy) is 1. The summed E-state index contributed by atoms with van der Waals surface area (Å²) >= 11 is 6.20. The summed E-state index contributed by atoms with van der Waals surface area (Å²) in [5, 5.41) is 2.69. The highest BCUT2D eigenvalue weighted by Gasteiger charge is 2.09. The molecule has 0 aliphatic heterocycles. The molecule has 0 fully saturated rings. The number of fused-ring (bicyclic) bond motifs is 1. The molecule has 0 radical (unpaired) electrons. The van der Waals surface area contributed by atoms with Gasteiger partial charge in [-0.05, 0) is 30.7 Å². The van der Waals surface area contributed by atoms with Crippen molar-refractivity contribution in [2.24, 2.45) is 5.73 Å². The molecule has 0 atom stereocenters. The van der Waals surface area contributed by atoms with Gasteiger partial charge in [0, 0.05) is 15.8 Å². The second-order valence-corrected chi connectivity index (χ2v) is 5.31. The third-order valence-corrected chi connectivity index (χ3v) is 3.79. The van der Waals surface area contributed by atoms with Crippen LogP contribution in [0.15, 0.2) is 46.9 Å². The van der Waals surface area contributed by atoms with Gasteiger partial charge >= 0.3 is 0 Å². The lowest BCUT2D eigenvalue weighted by atomic mass is 10.1. The van der Waals surface area contributed by atoms with E-state index in [1.54, 1.807) is 0 Å². The Hall–Kier alpha value is -1.97. The maximum atomic E-state index is 6.20. The molecule has 0 bridgehead atoms. The zero-order chi connectivity index (χ0) is 14.8. The highest BCUT2D eigenvalue weighted by molar-refractivity contribution is 6.35. The van der Waals surface area contributed by atoms with E-state index in [1.165, 1.54) is 0 Å². The summed E-state index contributed by atoms with van der Waals surface area (Å²) in [4.78, 5) is 0. The number of furan rings is 1. The van der Waals surface area contributed by atoms with E-state index in [9.17, 15) is 0 Å². The molecule has 3 nitrogen and oxygen atoms in total. The summed E-state index contributed by atoms with van der Waals surface area (Å²) in [6, 6.07) is 13.6. The Morgan fingerprint density at radius 2 is 1.90 bits per heavy atom. The highest BCUT2D eigenvalue weighted by Crippen LogP contribution is 2.31. The molecule has 3 aromatic rings. The van der Waals surface area contributed by atoms with Gasteiger partial charge in [0.2, 0.25) is 0 Å². The number of aryl methyl sites for hydroxylation is 1. The number of halogens is 1. The first kappa shape index (κ1) is 14.0. The van der Waals surface area contributed by atoms with Gasteiger partial charge in [0.1, 0.15) is 23.9 Å². The summed E-state index contributed by atoms with van der Waals surface area (Å²) < 4.78 is 11.5. The third kappa shape index (κ3) is 2.75. The lowest BCUT2D eigenvalue weighted by Crippen LogP contribution is -1.96. The van der Waals surface area contributed by atoms with Crippen LogP contribution in [0.2, 0.25) is 5.02 Å². The number of nitrogens with two attached hydrogens (primary N) is 1. The highest BCUT2D eigenvalue weighted by atomic mass is 35.5. The van der Waals surface area contributed by atoms with Crippen LogP contribution in [-0.2, 0) is 13.2 Å². The zero-order valence-electron chi connectivity index (χ0n) is 11.7. The van der Waals surface area contributed by atoms with E-state index < -0.39 is 0 Å². The molecule has 2 aromatic carbocycles. The normalized spacial score (nSPS) is 11.0. The molecule has 0 unspecified atom stereocenters. The molecule has 0 aliphatic rings. The first-order valence-corrected chi connectivity index (χ1v) is 7.15. The minimum Gasteiger partial charge on any atom is -0.485 e. The average molecular weight is 302 g/mol. The van der Waals surface area contributed by atoms with Gasteiger partial charge in [-0.2, -0.15) is 0 Å².